The summed E-state index contributed by atoms with van der Waals surface area (Å²) in [4.78, 5) is 27.7. The molecule has 1 unspecified atom stereocenters. The Labute approximate surface area is 154 Å². The molecule has 0 fully saturated rings. The van der Waals surface area contributed by atoms with E-state index in [1.54, 1.807) is 11.8 Å². The Morgan fingerprint density at radius 2 is 2.04 bits per heavy atom. The fourth-order valence-corrected chi connectivity index (χ4v) is 3.43. The number of nitrogens with zero attached hydrogens (tertiary/aromatic N) is 4. The van der Waals surface area contributed by atoms with Gasteiger partial charge in [-0.05, 0) is 39.7 Å². The Morgan fingerprint density at radius 1 is 1.31 bits per heavy atom. The summed E-state index contributed by atoms with van der Waals surface area (Å²) in [6.45, 7) is 11.7. The summed E-state index contributed by atoms with van der Waals surface area (Å²) >= 11 is 0. The maximum atomic E-state index is 12.6. The monoisotopic (exact) mass is 360 g/mol. The summed E-state index contributed by atoms with van der Waals surface area (Å²) in [6.07, 6.45) is 4.50. The highest BCUT2D eigenvalue weighted by Crippen LogP contribution is 2.30. The van der Waals surface area contributed by atoms with Crippen molar-refractivity contribution in [3.05, 3.63) is 23.5 Å². The van der Waals surface area contributed by atoms with Crippen LogP contribution in [-0.4, -0.2) is 56.3 Å². The zero-order valence-corrected chi connectivity index (χ0v) is 16.3. The number of aromatic nitrogens is 2. The zero-order chi connectivity index (χ0) is 19.1. The van der Waals surface area contributed by atoms with Crippen molar-refractivity contribution in [2.45, 2.75) is 65.8 Å². The van der Waals surface area contributed by atoms with Gasteiger partial charge in [-0.3, -0.25) is 14.4 Å². The third kappa shape index (κ3) is 3.76. The average molecular weight is 360 g/mol. The number of amides is 2. The van der Waals surface area contributed by atoms with Crippen molar-refractivity contribution < 1.29 is 14.3 Å². The highest BCUT2D eigenvalue weighted by atomic mass is 16.6. The molecule has 0 saturated heterocycles. The Bertz CT molecular complexity index is 744. The van der Waals surface area contributed by atoms with Crippen LogP contribution < -0.4 is 0 Å². The topological polar surface area (TPSA) is 67.7 Å². The molecule has 0 spiro atoms. The molecule has 0 N–H and O–H groups in total. The Balaban J connectivity index is 1.81. The predicted octanol–water partition coefficient (Wildman–Crippen LogP) is 2.66. The summed E-state index contributed by atoms with van der Waals surface area (Å²) in [5, 5.41) is 4.52. The van der Waals surface area contributed by atoms with E-state index in [9.17, 15) is 9.59 Å². The highest BCUT2D eigenvalue weighted by molar-refractivity contribution is 5.76. The molecule has 7 nitrogen and oxygen atoms in total. The molecule has 0 aromatic carbocycles. The van der Waals surface area contributed by atoms with Gasteiger partial charge < -0.3 is 9.64 Å². The van der Waals surface area contributed by atoms with Gasteiger partial charge in [-0.25, -0.2) is 4.79 Å². The standard InChI is InChI=1S/C19H28N4O3/c1-13-11-23-17(12-22(13)18(25)26-19(3,4)5)16(10-20-23)15-6-8-21(9-7-15)14(2)24/h6,10,13H,7-9,11-12H2,1-5H3. The molecule has 2 aliphatic heterocycles. The summed E-state index contributed by atoms with van der Waals surface area (Å²) in [6, 6.07) is 0.0265. The quantitative estimate of drug-likeness (QED) is 0.772. The first-order valence-corrected chi connectivity index (χ1v) is 9.15. The Hall–Kier alpha value is -2.31. The van der Waals surface area contributed by atoms with Gasteiger partial charge in [0.05, 0.1) is 31.0 Å². The van der Waals surface area contributed by atoms with Crippen molar-refractivity contribution in [1.82, 2.24) is 19.6 Å². The van der Waals surface area contributed by atoms with Crippen molar-refractivity contribution in [1.29, 1.82) is 0 Å². The van der Waals surface area contributed by atoms with E-state index in [-0.39, 0.29) is 18.0 Å². The lowest BCUT2D eigenvalue weighted by molar-refractivity contribution is -0.128. The fraction of sp³-hybridized carbons (Fsp3) is 0.632. The minimum atomic E-state index is -0.515. The van der Waals surface area contributed by atoms with Crippen molar-refractivity contribution in [3.8, 4) is 0 Å². The van der Waals surface area contributed by atoms with Crippen molar-refractivity contribution in [3.63, 3.8) is 0 Å². The Kier molecular flexibility index (Phi) is 4.82. The smallest absolute Gasteiger partial charge is 0.410 e. The summed E-state index contributed by atoms with van der Waals surface area (Å²) in [5.74, 6) is 0.0993. The van der Waals surface area contributed by atoms with Crippen LogP contribution in [-0.2, 0) is 22.6 Å². The van der Waals surface area contributed by atoms with Crippen LogP contribution in [0.25, 0.3) is 5.57 Å². The molecule has 142 valence electrons. The minimum absolute atomic E-state index is 0.0265. The van der Waals surface area contributed by atoms with Gasteiger partial charge in [0, 0.05) is 25.6 Å². The summed E-state index contributed by atoms with van der Waals surface area (Å²) in [5.41, 5.74) is 2.80. The molecule has 0 radical (unpaired) electrons. The van der Waals surface area contributed by atoms with E-state index < -0.39 is 5.60 Å². The Morgan fingerprint density at radius 3 is 2.62 bits per heavy atom. The highest BCUT2D eigenvalue weighted by Gasteiger charge is 2.33. The van der Waals surface area contributed by atoms with Crippen LogP contribution >= 0.6 is 0 Å². The molecular formula is C19H28N4O3. The van der Waals surface area contributed by atoms with Gasteiger partial charge in [-0.1, -0.05) is 6.08 Å². The molecule has 3 rings (SSSR count). The number of fused-ring (bicyclic) bond motifs is 1. The normalized spacial score (nSPS) is 20.5. The lowest BCUT2D eigenvalue weighted by atomic mass is 9.98. The molecule has 3 heterocycles. The maximum Gasteiger partial charge on any atom is 0.410 e. The van der Waals surface area contributed by atoms with E-state index in [0.29, 0.717) is 19.6 Å². The van der Waals surface area contributed by atoms with Gasteiger partial charge in [0.15, 0.2) is 0 Å². The molecule has 0 aliphatic carbocycles. The van der Waals surface area contributed by atoms with Crippen LogP contribution in [0, 0.1) is 0 Å². The molecule has 1 aromatic heterocycles. The van der Waals surface area contributed by atoms with Crippen LogP contribution in [0.3, 0.4) is 0 Å². The van der Waals surface area contributed by atoms with Crippen LogP contribution in [0.1, 0.15) is 52.3 Å². The first kappa shape index (κ1) is 18.5. The van der Waals surface area contributed by atoms with E-state index in [1.165, 1.54) is 5.57 Å². The van der Waals surface area contributed by atoms with Gasteiger partial charge in [0.25, 0.3) is 0 Å². The van der Waals surface area contributed by atoms with E-state index in [4.69, 9.17) is 4.74 Å². The molecular weight excluding hydrogens is 332 g/mol. The second-order valence-corrected chi connectivity index (χ2v) is 8.09. The molecule has 1 aromatic rings. The SMILES string of the molecule is CC(=O)N1CC=C(c2cnn3c2CN(C(=O)OC(C)(C)C)C(C)C3)CC1. The minimum Gasteiger partial charge on any atom is -0.444 e. The fourth-order valence-electron chi connectivity index (χ4n) is 3.43. The molecule has 0 bridgehead atoms. The van der Waals surface area contributed by atoms with Gasteiger partial charge in [-0.2, -0.15) is 5.10 Å². The van der Waals surface area contributed by atoms with E-state index >= 15 is 0 Å². The predicted molar refractivity (Wildman–Crippen MR) is 98.3 cm³/mol. The van der Waals surface area contributed by atoms with Gasteiger partial charge in [-0.15, -0.1) is 0 Å². The van der Waals surface area contributed by atoms with E-state index in [0.717, 1.165) is 24.2 Å². The largest absolute Gasteiger partial charge is 0.444 e. The lowest BCUT2D eigenvalue weighted by Crippen LogP contribution is -2.47. The summed E-state index contributed by atoms with van der Waals surface area (Å²) < 4.78 is 7.55. The number of rotatable bonds is 1. The number of carbonyl (C=O) groups excluding carboxylic acids is 2. The van der Waals surface area contributed by atoms with Crippen LogP contribution in [0.15, 0.2) is 12.3 Å². The van der Waals surface area contributed by atoms with Gasteiger partial charge in [0.1, 0.15) is 5.60 Å². The van der Waals surface area contributed by atoms with Crippen LogP contribution in [0.4, 0.5) is 4.79 Å². The molecule has 0 saturated carbocycles. The van der Waals surface area contributed by atoms with E-state index in [2.05, 4.69) is 11.2 Å². The lowest BCUT2D eigenvalue weighted by Gasteiger charge is -2.36. The average Bonchev–Trinajstić information content (AvgIpc) is 2.95. The molecule has 2 amide bonds. The first-order chi connectivity index (χ1) is 12.2. The third-order valence-electron chi connectivity index (χ3n) is 4.87. The van der Waals surface area contributed by atoms with Gasteiger partial charge >= 0.3 is 6.09 Å². The second-order valence-electron chi connectivity index (χ2n) is 8.09. The second kappa shape index (κ2) is 6.78. The number of hydrogen-bond acceptors (Lipinski definition) is 4. The first-order valence-electron chi connectivity index (χ1n) is 9.15. The molecule has 7 heteroatoms. The molecule has 26 heavy (non-hydrogen) atoms. The van der Waals surface area contributed by atoms with Crippen LogP contribution in [0.5, 0.6) is 0 Å². The number of hydrogen-bond donors (Lipinski definition) is 0. The number of carbonyl (C=O) groups is 2. The van der Waals surface area contributed by atoms with Crippen molar-refractivity contribution in [2.24, 2.45) is 0 Å². The van der Waals surface area contributed by atoms with Crippen molar-refractivity contribution >= 4 is 17.6 Å². The third-order valence-corrected chi connectivity index (χ3v) is 4.87. The van der Waals surface area contributed by atoms with E-state index in [1.807, 2.05) is 43.5 Å². The van der Waals surface area contributed by atoms with Crippen LogP contribution in [0.2, 0.25) is 0 Å². The molecule has 1 atom stereocenters. The zero-order valence-electron chi connectivity index (χ0n) is 16.3. The number of ether oxygens (including phenoxy) is 1. The summed E-state index contributed by atoms with van der Waals surface area (Å²) in [7, 11) is 0. The van der Waals surface area contributed by atoms with Gasteiger partial charge in [0.2, 0.25) is 5.91 Å². The maximum absolute atomic E-state index is 12.6. The van der Waals surface area contributed by atoms with Crippen molar-refractivity contribution in [2.75, 3.05) is 13.1 Å². The molecule has 2 aliphatic rings.